The summed E-state index contributed by atoms with van der Waals surface area (Å²) in [6, 6.07) is -1.20. The number of ether oxygens (including phenoxy) is 5. The first-order valence-electron chi connectivity index (χ1n) is 11.8. The second-order valence-corrected chi connectivity index (χ2v) is 10.8. The van der Waals surface area contributed by atoms with Gasteiger partial charge < -0.3 is 23.7 Å². The van der Waals surface area contributed by atoms with Gasteiger partial charge >= 0.3 is 18.2 Å². The Bertz CT molecular complexity index is 693. The molecule has 0 aromatic rings. The van der Waals surface area contributed by atoms with Gasteiger partial charge in [0, 0.05) is 7.11 Å². The molecule has 34 heavy (non-hydrogen) atoms. The first-order valence-corrected chi connectivity index (χ1v) is 11.8. The van der Waals surface area contributed by atoms with Crippen molar-refractivity contribution in [3.63, 3.8) is 0 Å². The molecular formula is C25H43NO8. The molecule has 0 aromatic carbocycles. The molecule has 1 saturated heterocycles. The maximum atomic E-state index is 13.3. The van der Waals surface area contributed by atoms with Gasteiger partial charge in [0.1, 0.15) is 29.5 Å². The predicted octanol–water partition coefficient (Wildman–Crippen LogP) is 5.01. The molecule has 0 N–H and O–H groups in total. The molecule has 0 radical (unpaired) electrons. The van der Waals surface area contributed by atoms with E-state index in [1.54, 1.807) is 55.6 Å². The lowest BCUT2D eigenvalue weighted by Crippen LogP contribution is -2.54. The van der Waals surface area contributed by atoms with Crippen LogP contribution in [0.15, 0.2) is 12.2 Å². The van der Waals surface area contributed by atoms with Gasteiger partial charge in [-0.25, -0.2) is 14.4 Å². The highest BCUT2D eigenvalue weighted by atomic mass is 16.6. The number of cyclic esters (lactones) is 1. The zero-order chi connectivity index (χ0) is 26.3. The van der Waals surface area contributed by atoms with Crippen LogP contribution in [-0.2, 0) is 28.5 Å². The number of imide groups is 1. The summed E-state index contributed by atoms with van der Waals surface area (Å²) in [4.78, 5) is 40.1. The Labute approximate surface area is 204 Å². The van der Waals surface area contributed by atoms with Crippen LogP contribution in [0.5, 0.6) is 0 Å². The number of nitrogens with zero attached hydrogens (tertiary/aromatic N) is 1. The molecule has 4 atom stereocenters. The topological polar surface area (TPSA) is 101 Å². The van der Waals surface area contributed by atoms with Crippen LogP contribution in [0, 0.1) is 0 Å². The number of hydrogen-bond donors (Lipinski definition) is 0. The molecule has 0 saturated carbocycles. The van der Waals surface area contributed by atoms with Gasteiger partial charge in [0.2, 0.25) is 0 Å². The second kappa shape index (κ2) is 12.5. The summed E-state index contributed by atoms with van der Waals surface area (Å²) >= 11 is 0. The highest BCUT2D eigenvalue weighted by Crippen LogP contribution is 2.25. The molecule has 1 rings (SSSR count). The Morgan fingerprint density at radius 3 is 1.97 bits per heavy atom. The molecule has 196 valence electrons. The summed E-state index contributed by atoms with van der Waals surface area (Å²) in [5.74, 6) is -0.732. The molecular weight excluding hydrogens is 442 g/mol. The van der Waals surface area contributed by atoms with Gasteiger partial charge in [-0.3, -0.25) is 0 Å². The van der Waals surface area contributed by atoms with E-state index < -0.39 is 47.6 Å². The Morgan fingerprint density at radius 1 is 1.03 bits per heavy atom. The number of carbonyl (C=O) groups is 3. The summed E-state index contributed by atoms with van der Waals surface area (Å²) < 4.78 is 28.2. The van der Waals surface area contributed by atoms with Crippen LogP contribution in [-0.4, -0.2) is 72.3 Å². The third-order valence-corrected chi connectivity index (χ3v) is 4.94. The first-order chi connectivity index (χ1) is 15.6. The molecule has 0 spiro atoms. The first kappa shape index (κ1) is 29.9. The minimum Gasteiger partial charge on any atom is -0.458 e. The van der Waals surface area contributed by atoms with Crippen LogP contribution in [0.1, 0.15) is 81.1 Å². The number of rotatable bonds is 5. The van der Waals surface area contributed by atoms with E-state index in [1.807, 2.05) is 6.92 Å². The molecule has 9 heteroatoms. The Hall–Kier alpha value is -2.13. The predicted molar refractivity (Wildman–Crippen MR) is 127 cm³/mol. The summed E-state index contributed by atoms with van der Waals surface area (Å²) in [6.07, 6.45) is -1.34. The third kappa shape index (κ3) is 10.0. The SMILES string of the molecule is C=C(C)CO[C@H]1[C@H](C)OC(=O)[C@@H](N(C(=O)OC(C)(C)C)C(=O)OC(C)(C)C)CCCC[C@@H]1OC. The number of methoxy groups -OCH3 is 1. The molecule has 1 heterocycles. The average Bonchev–Trinajstić information content (AvgIpc) is 2.64. The molecule has 1 aliphatic heterocycles. The van der Waals surface area contributed by atoms with Crippen molar-refractivity contribution in [3.05, 3.63) is 12.2 Å². The van der Waals surface area contributed by atoms with Gasteiger partial charge in [-0.15, -0.1) is 0 Å². The van der Waals surface area contributed by atoms with Gasteiger partial charge in [0.05, 0.1) is 12.7 Å². The van der Waals surface area contributed by atoms with E-state index in [1.165, 1.54) is 0 Å². The number of carbonyl (C=O) groups excluding carboxylic acids is 3. The number of amides is 2. The standard InChI is InChI=1S/C25H43NO8/c1-16(2)15-31-20-17(3)32-21(27)18(13-11-12-14-19(20)30-10)26(22(28)33-24(4,5)6)23(29)34-25(7,8)9/h17-20H,1,11-15H2,2-10H3/t17-,18-,19-,20-/m0/s1. The van der Waals surface area contributed by atoms with Crippen LogP contribution in [0.2, 0.25) is 0 Å². The zero-order valence-corrected chi connectivity index (χ0v) is 22.3. The van der Waals surface area contributed by atoms with Crippen molar-refractivity contribution < 1.29 is 38.1 Å². The average molecular weight is 486 g/mol. The monoisotopic (exact) mass is 485 g/mol. The Morgan fingerprint density at radius 2 is 1.53 bits per heavy atom. The largest absolute Gasteiger partial charge is 0.458 e. The third-order valence-electron chi connectivity index (χ3n) is 4.94. The summed E-state index contributed by atoms with van der Waals surface area (Å²) in [5.41, 5.74) is -0.931. The van der Waals surface area contributed by atoms with E-state index >= 15 is 0 Å². The van der Waals surface area contributed by atoms with Crippen molar-refractivity contribution in [2.45, 2.75) is 117 Å². The normalized spacial score (nSPS) is 24.6. The van der Waals surface area contributed by atoms with Gasteiger partial charge in [0.15, 0.2) is 0 Å². The van der Waals surface area contributed by atoms with Crippen molar-refractivity contribution in [1.82, 2.24) is 4.90 Å². The smallest absolute Gasteiger partial charge is 0.420 e. The molecule has 2 amide bonds. The molecule has 0 aromatic heterocycles. The van der Waals surface area contributed by atoms with Gasteiger partial charge in [-0.2, -0.15) is 4.90 Å². The lowest BCUT2D eigenvalue weighted by molar-refractivity contribution is -0.171. The molecule has 0 unspecified atom stereocenters. The van der Waals surface area contributed by atoms with Gasteiger partial charge in [-0.1, -0.05) is 25.0 Å². The van der Waals surface area contributed by atoms with Gasteiger partial charge in [0.25, 0.3) is 0 Å². The number of hydrogen-bond acceptors (Lipinski definition) is 8. The van der Waals surface area contributed by atoms with Crippen molar-refractivity contribution in [1.29, 1.82) is 0 Å². The Kier molecular flexibility index (Phi) is 11.0. The summed E-state index contributed by atoms with van der Waals surface area (Å²) in [5, 5.41) is 0. The number of esters is 1. The maximum absolute atomic E-state index is 13.3. The molecule has 0 aliphatic carbocycles. The highest BCUT2D eigenvalue weighted by molar-refractivity contribution is 5.94. The molecule has 1 fully saturated rings. The second-order valence-electron chi connectivity index (χ2n) is 10.8. The van der Waals surface area contributed by atoms with E-state index in [-0.39, 0.29) is 19.1 Å². The fraction of sp³-hybridized carbons (Fsp3) is 0.800. The van der Waals surface area contributed by atoms with E-state index in [0.717, 1.165) is 10.5 Å². The highest BCUT2D eigenvalue weighted by Gasteiger charge is 2.43. The molecule has 1 aliphatic rings. The van der Waals surface area contributed by atoms with Crippen molar-refractivity contribution in [2.24, 2.45) is 0 Å². The Balaban J connectivity index is 3.28. The lowest BCUT2D eigenvalue weighted by atomic mass is 9.98. The molecule has 9 nitrogen and oxygen atoms in total. The van der Waals surface area contributed by atoms with E-state index in [9.17, 15) is 14.4 Å². The quantitative estimate of drug-likeness (QED) is 0.304. The molecule has 0 bridgehead atoms. The fourth-order valence-corrected chi connectivity index (χ4v) is 3.52. The van der Waals surface area contributed by atoms with Crippen LogP contribution in [0.3, 0.4) is 0 Å². The minimum atomic E-state index is -1.20. The van der Waals surface area contributed by atoms with Gasteiger partial charge in [-0.05, 0) is 68.2 Å². The van der Waals surface area contributed by atoms with Crippen molar-refractivity contribution in [3.8, 4) is 0 Å². The summed E-state index contributed by atoms with van der Waals surface area (Å²) in [7, 11) is 1.59. The lowest BCUT2D eigenvalue weighted by Gasteiger charge is -2.36. The summed E-state index contributed by atoms with van der Waals surface area (Å²) in [6.45, 7) is 17.8. The van der Waals surface area contributed by atoms with E-state index in [2.05, 4.69) is 6.58 Å². The van der Waals surface area contributed by atoms with Crippen molar-refractivity contribution >= 4 is 18.2 Å². The van der Waals surface area contributed by atoms with Crippen LogP contribution in [0.25, 0.3) is 0 Å². The van der Waals surface area contributed by atoms with Crippen molar-refractivity contribution in [2.75, 3.05) is 13.7 Å². The maximum Gasteiger partial charge on any atom is 0.420 e. The fourth-order valence-electron chi connectivity index (χ4n) is 3.52. The van der Waals surface area contributed by atoms with Crippen LogP contribution in [0.4, 0.5) is 9.59 Å². The van der Waals surface area contributed by atoms with E-state index in [0.29, 0.717) is 19.3 Å². The van der Waals surface area contributed by atoms with Crippen LogP contribution < -0.4 is 0 Å². The zero-order valence-electron chi connectivity index (χ0n) is 22.3. The minimum absolute atomic E-state index is 0.206. The van der Waals surface area contributed by atoms with E-state index in [4.69, 9.17) is 23.7 Å². The van der Waals surface area contributed by atoms with Crippen LogP contribution >= 0.6 is 0 Å².